The van der Waals surface area contributed by atoms with Gasteiger partial charge in [-0.15, -0.1) is 0 Å². The molecule has 3 aromatic carbocycles. The summed E-state index contributed by atoms with van der Waals surface area (Å²) in [6.07, 6.45) is 0. The van der Waals surface area contributed by atoms with Gasteiger partial charge in [-0.1, -0.05) is 71.9 Å². The van der Waals surface area contributed by atoms with E-state index in [1.165, 1.54) is 11.8 Å². The number of benzene rings is 3. The molecule has 0 aliphatic rings. The zero-order valence-corrected chi connectivity index (χ0v) is 17.8. The lowest BCUT2D eigenvalue weighted by Gasteiger charge is -2.13. The Hall–Kier alpha value is -3.18. The van der Waals surface area contributed by atoms with Crippen LogP contribution in [0.5, 0.6) is 0 Å². The summed E-state index contributed by atoms with van der Waals surface area (Å²) in [5.41, 5.74) is 4.30. The van der Waals surface area contributed by atoms with Crippen LogP contribution in [0, 0.1) is 13.8 Å². The zero-order valence-electron chi connectivity index (χ0n) is 17.0. The Bertz CT molecular complexity index is 1280. The number of aromatic nitrogens is 2. The minimum atomic E-state index is -0.0915. The fraction of sp³-hybridized carbons (Fsp3) is 0.160. The Morgan fingerprint density at radius 2 is 1.70 bits per heavy atom. The van der Waals surface area contributed by atoms with Crippen molar-refractivity contribution in [1.82, 2.24) is 9.55 Å². The van der Waals surface area contributed by atoms with E-state index in [-0.39, 0.29) is 17.1 Å². The van der Waals surface area contributed by atoms with Gasteiger partial charge in [0.05, 0.1) is 23.2 Å². The first-order valence-corrected chi connectivity index (χ1v) is 10.8. The number of hydrogen-bond acceptors (Lipinski definition) is 4. The number of hydrogen-bond donors (Lipinski definition) is 0. The maximum absolute atomic E-state index is 13.2. The average molecular weight is 415 g/mol. The van der Waals surface area contributed by atoms with Crippen molar-refractivity contribution in [2.45, 2.75) is 25.5 Å². The van der Waals surface area contributed by atoms with Crippen molar-refractivity contribution >= 4 is 28.4 Å². The SMILES string of the molecule is Cc1ccc(C)c(C(=O)CSc2nc3ccccc3c(=O)n2Cc2ccccc2)c1. The molecule has 4 nitrogen and oxygen atoms in total. The highest BCUT2D eigenvalue weighted by Gasteiger charge is 2.15. The van der Waals surface area contributed by atoms with Crippen LogP contribution in [0.4, 0.5) is 0 Å². The first-order chi connectivity index (χ1) is 14.5. The van der Waals surface area contributed by atoms with Crippen LogP contribution in [-0.2, 0) is 6.54 Å². The molecule has 0 saturated carbocycles. The van der Waals surface area contributed by atoms with Crippen LogP contribution >= 0.6 is 11.8 Å². The molecule has 1 heterocycles. The molecule has 0 fully saturated rings. The second-order valence-corrected chi connectivity index (χ2v) is 8.26. The van der Waals surface area contributed by atoms with E-state index in [2.05, 4.69) is 0 Å². The number of thioether (sulfide) groups is 1. The van der Waals surface area contributed by atoms with Crippen molar-refractivity contribution in [3.05, 3.63) is 105 Å². The van der Waals surface area contributed by atoms with Crippen LogP contribution in [-0.4, -0.2) is 21.1 Å². The van der Waals surface area contributed by atoms with Crippen molar-refractivity contribution in [2.75, 3.05) is 5.75 Å². The van der Waals surface area contributed by atoms with Gasteiger partial charge in [-0.2, -0.15) is 0 Å². The summed E-state index contributed by atoms with van der Waals surface area (Å²) >= 11 is 1.32. The Morgan fingerprint density at radius 1 is 0.967 bits per heavy atom. The summed E-state index contributed by atoms with van der Waals surface area (Å²) in [5.74, 6) is 0.263. The summed E-state index contributed by atoms with van der Waals surface area (Å²) in [7, 11) is 0. The van der Waals surface area contributed by atoms with Crippen LogP contribution < -0.4 is 5.56 Å². The van der Waals surface area contributed by atoms with E-state index >= 15 is 0 Å². The van der Waals surface area contributed by atoms with Gasteiger partial charge in [0.25, 0.3) is 5.56 Å². The number of fused-ring (bicyclic) bond motifs is 1. The quantitative estimate of drug-likeness (QED) is 0.252. The minimum Gasteiger partial charge on any atom is -0.293 e. The number of para-hydroxylation sites is 1. The standard InChI is InChI=1S/C25H22N2O2S/c1-17-12-13-18(2)21(14-17)23(28)16-30-25-26-22-11-7-6-10-20(22)24(29)27(25)15-19-8-4-3-5-9-19/h3-14H,15-16H2,1-2H3. The molecular formula is C25H22N2O2S. The fourth-order valence-electron chi connectivity index (χ4n) is 3.41. The van der Waals surface area contributed by atoms with E-state index in [1.54, 1.807) is 10.6 Å². The van der Waals surface area contributed by atoms with Gasteiger partial charge in [0, 0.05) is 5.56 Å². The highest BCUT2D eigenvalue weighted by molar-refractivity contribution is 7.99. The van der Waals surface area contributed by atoms with Gasteiger partial charge in [-0.3, -0.25) is 14.2 Å². The maximum Gasteiger partial charge on any atom is 0.262 e. The lowest BCUT2D eigenvalue weighted by atomic mass is 10.0. The summed E-state index contributed by atoms with van der Waals surface area (Å²) in [6.45, 7) is 4.33. The molecule has 0 spiro atoms. The lowest BCUT2D eigenvalue weighted by Crippen LogP contribution is -2.24. The Morgan fingerprint density at radius 3 is 2.50 bits per heavy atom. The molecule has 150 valence electrons. The number of carbonyl (C=O) groups is 1. The van der Waals surface area contributed by atoms with Crippen molar-refractivity contribution in [1.29, 1.82) is 0 Å². The molecule has 0 unspecified atom stereocenters. The second-order valence-electron chi connectivity index (χ2n) is 7.32. The highest BCUT2D eigenvalue weighted by atomic mass is 32.2. The topological polar surface area (TPSA) is 52.0 Å². The van der Waals surface area contributed by atoms with Gasteiger partial charge in [-0.25, -0.2) is 4.98 Å². The molecule has 0 atom stereocenters. The first-order valence-electron chi connectivity index (χ1n) is 9.79. The van der Waals surface area contributed by atoms with Gasteiger partial charge in [0.1, 0.15) is 0 Å². The maximum atomic E-state index is 13.2. The van der Waals surface area contributed by atoms with Crippen molar-refractivity contribution in [3.63, 3.8) is 0 Å². The Kier molecular flexibility index (Phi) is 5.81. The van der Waals surface area contributed by atoms with E-state index < -0.39 is 0 Å². The second kappa shape index (κ2) is 8.67. The predicted octanol–water partition coefficient (Wildman–Crippen LogP) is 5.04. The third-order valence-electron chi connectivity index (χ3n) is 5.04. The normalized spacial score (nSPS) is 11.0. The van der Waals surface area contributed by atoms with Crippen LogP contribution in [0.3, 0.4) is 0 Å². The average Bonchev–Trinajstić information content (AvgIpc) is 2.76. The van der Waals surface area contributed by atoms with Crippen molar-refractivity contribution < 1.29 is 4.79 Å². The molecular weight excluding hydrogens is 392 g/mol. The smallest absolute Gasteiger partial charge is 0.262 e. The van der Waals surface area contributed by atoms with Crippen LogP contribution in [0.25, 0.3) is 10.9 Å². The molecule has 4 rings (SSSR count). The third-order valence-corrected chi connectivity index (χ3v) is 6.01. The summed E-state index contributed by atoms with van der Waals surface area (Å²) in [6, 6.07) is 23.0. The number of nitrogens with zero attached hydrogens (tertiary/aromatic N) is 2. The van der Waals surface area contributed by atoms with Crippen molar-refractivity contribution in [2.24, 2.45) is 0 Å². The summed E-state index contributed by atoms with van der Waals surface area (Å²) < 4.78 is 1.67. The van der Waals surface area contributed by atoms with E-state index in [1.807, 2.05) is 80.6 Å². The lowest BCUT2D eigenvalue weighted by molar-refractivity contribution is 0.102. The molecule has 0 saturated heterocycles. The van der Waals surface area contributed by atoms with Gasteiger partial charge in [0.15, 0.2) is 10.9 Å². The summed E-state index contributed by atoms with van der Waals surface area (Å²) in [4.78, 5) is 30.8. The van der Waals surface area contributed by atoms with Gasteiger partial charge in [0.2, 0.25) is 0 Å². The molecule has 0 N–H and O–H groups in total. The van der Waals surface area contributed by atoms with Crippen molar-refractivity contribution in [3.8, 4) is 0 Å². The number of carbonyl (C=O) groups excluding carboxylic acids is 1. The number of ketones is 1. The monoisotopic (exact) mass is 414 g/mol. The largest absolute Gasteiger partial charge is 0.293 e. The molecule has 0 radical (unpaired) electrons. The van der Waals surface area contributed by atoms with Gasteiger partial charge in [-0.05, 0) is 43.2 Å². The Balaban J connectivity index is 1.70. The fourth-order valence-corrected chi connectivity index (χ4v) is 4.29. The number of Topliss-reactive ketones (excluding diaryl/α,β-unsaturated/α-hetero) is 1. The number of aryl methyl sites for hydroxylation is 2. The van der Waals surface area contributed by atoms with Crippen LogP contribution in [0.1, 0.15) is 27.0 Å². The highest BCUT2D eigenvalue weighted by Crippen LogP contribution is 2.21. The molecule has 0 bridgehead atoms. The van der Waals surface area contributed by atoms with E-state index in [0.29, 0.717) is 22.6 Å². The molecule has 5 heteroatoms. The molecule has 0 aliphatic carbocycles. The summed E-state index contributed by atoms with van der Waals surface area (Å²) in [5, 5.41) is 1.14. The van der Waals surface area contributed by atoms with E-state index in [4.69, 9.17) is 4.98 Å². The minimum absolute atomic E-state index is 0.0369. The van der Waals surface area contributed by atoms with Gasteiger partial charge < -0.3 is 0 Å². The number of rotatable bonds is 6. The van der Waals surface area contributed by atoms with Crippen LogP contribution in [0.2, 0.25) is 0 Å². The first kappa shape index (κ1) is 20.1. The zero-order chi connectivity index (χ0) is 21.1. The van der Waals surface area contributed by atoms with E-state index in [9.17, 15) is 9.59 Å². The van der Waals surface area contributed by atoms with Crippen LogP contribution in [0.15, 0.2) is 82.7 Å². The van der Waals surface area contributed by atoms with E-state index in [0.717, 1.165) is 22.3 Å². The molecule has 1 aromatic heterocycles. The molecule has 0 amide bonds. The third kappa shape index (κ3) is 4.21. The predicted molar refractivity (Wildman–Crippen MR) is 123 cm³/mol. The molecule has 0 aliphatic heterocycles. The molecule has 4 aromatic rings. The molecule has 30 heavy (non-hydrogen) atoms. The Labute approximate surface area is 179 Å². The van der Waals surface area contributed by atoms with Gasteiger partial charge >= 0.3 is 0 Å².